The van der Waals surface area contributed by atoms with Gasteiger partial charge in [-0.1, -0.05) is 0 Å². The first-order chi connectivity index (χ1) is 16.0. The second-order valence-corrected chi connectivity index (χ2v) is 9.02. The molecule has 5 rings (SSSR count). The van der Waals surface area contributed by atoms with E-state index in [-0.39, 0.29) is 23.9 Å². The summed E-state index contributed by atoms with van der Waals surface area (Å²) in [6, 6.07) is 0.00794. The summed E-state index contributed by atoms with van der Waals surface area (Å²) in [6.07, 6.45) is 1.68. The average molecular weight is 481 g/mol. The lowest BCUT2D eigenvalue weighted by molar-refractivity contribution is -0.0493. The van der Waals surface area contributed by atoms with Gasteiger partial charge in [0.05, 0.1) is 31.1 Å². The zero-order valence-corrected chi connectivity index (χ0v) is 18.7. The number of imidazole rings is 1. The third-order valence-electron chi connectivity index (χ3n) is 6.40. The van der Waals surface area contributed by atoms with Gasteiger partial charge in [-0.2, -0.15) is 0 Å². The molecule has 6 unspecified atom stereocenters. The minimum Gasteiger partial charge on any atom is -0.468 e. The number of aromatic nitrogens is 4. The van der Waals surface area contributed by atoms with Crippen molar-refractivity contribution in [2.24, 2.45) is 0 Å². The van der Waals surface area contributed by atoms with E-state index in [9.17, 15) is 15.3 Å². The molecule has 7 atom stereocenters. The van der Waals surface area contributed by atoms with E-state index in [1.165, 1.54) is 12.7 Å². The molecule has 1 aliphatic carbocycles. The Kier molecular flexibility index (Phi) is 6.58. The second-order valence-electron chi connectivity index (χ2n) is 8.65. The lowest BCUT2D eigenvalue weighted by Crippen LogP contribution is -2.42. The van der Waals surface area contributed by atoms with Gasteiger partial charge in [0.15, 0.2) is 23.2 Å². The summed E-state index contributed by atoms with van der Waals surface area (Å²) in [5.74, 6) is 0.577. The van der Waals surface area contributed by atoms with E-state index in [0.717, 1.165) is 25.7 Å². The number of nitrogens with one attached hydrogen (secondary N) is 2. The van der Waals surface area contributed by atoms with Crippen LogP contribution in [0, 0.1) is 0 Å². The van der Waals surface area contributed by atoms with Crippen LogP contribution in [0.15, 0.2) is 12.7 Å². The molecule has 1 saturated carbocycles. The largest absolute Gasteiger partial charge is 0.468 e. The highest BCUT2D eigenvalue weighted by Crippen LogP contribution is 2.32. The van der Waals surface area contributed by atoms with E-state index in [4.69, 9.17) is 26.4 Å². The van der Waals surface area contributed by atoms with E-state index in [1.54, 1.807) is 4.57 Å². The van der Waals surface area contributed by atoms with Crippen molar-refractivity contribution in [1.82, 2.24) is 24.8 Å². The zero-order valence-electron chi connectivity index (χ0n) is 17.9. The number of anilines is 1. The van der Waals surface area contributed by atoms with Crippen LogP contribution in [0.25, 0.3) is 11.2 Å². The zero-order chi connectivity index (χ0) is 22.9. The van der Waals surface area contributed by atoms with Gasteiger partial charge in [0.2, 0.25) is 0 Å². The van der Waals surface area contributed by atoms with Crippen molar-refractivity contribution in [1.29, 1.82) is 0 Å². The summed E-state index contributed by atoms with van der Waals surface area (Å²) >= 11 is 5.20. The molecule has 2 aromatic rings. The predicted octanol–water partition coefficient (Wildman–Crippen LogP) is -0.549. The van der Waals surface area contributed by atoms with Crippen LogP contribution in [-0.2, 0) is 14.2 Å². The Balaban J connectivity index is 1.24. The van der Waals surface area contributed by atoms with Gasteiger partial charge in [0, 0.05) is 6.61 Å². The Morgan fingerprint density at radius 3 is 2.82 bits per heavy atom. The van der Waals surface area contributed by atoms with Crippen molar-refractivity contribution >= 4 is 34.4 Å². The Hall–Kier alpha value is -2.16. The smallest absolute Gasteiger partial charge is 0.257 e. The number of nitrogens with zero attached hydrogens (tertiary/aromatic N) is 4. The number of hydrogen-bond acceptors (Lipinski definition) is 11. The fourth-order valence-electron chi connectivity index (χ4n) is 4.54. The van der Waals surface area contributed by atoms with Gasteiger partial charge in [-0.25, -0.2) is 15.0 Å². The lowest BCUT2D eigenvalue weighted by Gasteiger charge is -2.20. The third kappa shape index (κ3) is 4.61. The predicted molar refractivity (Wildman–Crippen MR) is 119 cm³/mol. The first kappa shape index (κ1) is 22.6. The Morgan fingerprint density at radius 1 is 1.18 bits per heavy atom. The molecule has 12 nitrogen and oxygen atoms in total. The monoisotopic (exact) mass is 480 g/mol. The molecule has 13 heteroatoms. The molecular formula is C20H28N6O6S. The van der Waals surface area contributed by atoms with Crippen molar-refractivity contribution in [2.45, 2.75) is 68.4 Å². The fraction of sp³-hybridized carbons (Fsp3) is 0.700. The summed E-state index contributed by atoms with van der Waals surface area (Å²) in [6.45, 7) is 1.24. The highest BCUT2D eigenvalue weighted by molar-refractivity contribution is 7.80. The minimum atomic E-state index is -1.22. The van der Waals surface area contributed by atoms with Gasteiger partial charge in [-0.15, -0.1) is 0 Å². The van der Waals surface area contributed by atoms with E-state index in [2.05, 4.69) is 25.6 Å². The molecule has 2 aromatic heterocycles. The van der Waals surface area contributed by atoms with Gasteiger partial charge < -0.3 is 40.2 Å². The standard InChI is InChI=1S/C20H28N6O6S/c27-12-3-1-2-11(12)25-20(33)31-7-13-15(28)16(29)19(32-13)26-9-23-14-17(21-8-22-18(14)26)24-10-4-5-30-6-10/h8-13,15-16,19,27-29H,1-7H2,(H,25,33)(H,21,22,24)/t10-,11?,12?,13?,15?,16?,19?/m1/s1. The van der Waals surface area contributed by atoms with Gasteiger partial charge in [-0.3, -0.25) is 4.57 Å². The Labute approximate surface area is 195 Å². The van der Waals surface area contributed by atoms with Crippen LogP contribution < -0.4 is 10.6 Å². The molecule has 3 aliphatic rings. The molecule has 2 saturated heterocycles. The van der Waals surface area contributed by atoms with Crippen LogP contribution in [0.5, 0.6) is 0 Å². The molecule has 33 heavy (non-hydrogen) atoms. The third-order valence-corrected chi connectivity index (χ3v) is 6.64. The summed E-state index contributed by atoms with van der Waals surface area (Å²) in [5.41, 5.74) is 1.01. The minimum absolute atomic E-state index is 0.0561. The van der Waals surface area contributed by atoms with E-state index in [0.29, 0.717) is 30.2 Å². The summed E-state index contributed by atoms with van der Waals surface area (Å²) in [5, 5.41) is 37.5. The second kappa shape index (κ2) is 9.60. The van der Waals surface area contributed by atoms with Crippen LogP contribution in [0.1, 0.15) is 31.9 Å². The van der Waals surface area contributed by atoms with E-state index < -0.39 is 30.6 Å². The van der Waals surface area contributed by atoms with Crippen LogP contribution in [0.4, 0.5) is 5.82 Å². The average Bonchev–Trinajstić information content (AvgIpc) is 3.59. The number of aliphatic hydroxyl groups excluding tert-OH is 3. The molecule has 2 aliphatic heterocycles. The molecule has 180 valence electrons. The maximum Gasteiger partial charge on any atom is 0.257 e. The maximum absolute atomic E-state index is 10.7. The van der Waals surface area contributed by atoms with Crippen LogP contribution in [0.3, 0.4) is 0 Å². The number of aliphatic hydroxyl groups is 3. The number of rotatable bonds is 6. The number of thiocarbonyl (C=S) groups is 1. The summed E-state index contributed by atoms with van der Waals surface area (Å²) in [4.78, 5) is 13.0. The Bertz CT molecular complexity index is 987. The van der Waals surface area contributed by atoms with Gasteiger partial charge >= 0.3 is 0 Å². The quantitative estimate of drug-likeness (QED) is 0.337. The van der Waals surface area contributed by atoms with Crippen molar-refractivity contribution in [3.63, 3.8) is 0 Å². The summed E-state index contributed by atoms with van der Waals surface area (Å²) < 4.78 is 18.4. The Morgan fingerprint density at radius 2 is 2.06 bits per heavy atom. The molecular weight excluding hydrogens is 452 g/mol. The molecule has 0 bridgehead atoms. The van der Waals surface area contributed by atoms with Gasteiger partial charge in [0.1, 0.15) is 31.2 Å². The number of hydrogen-bond donors (Lipinski definition) is 5. The topological polar surface area (TPSA) is 156 Å². The van der Waals surface area contributed by atoms with Gasteiger partial charge in [-0.05, 0) is 37.9 Å². The highest BCUT2D eigenvalue weighted by atomic mass is 32.1. The SMILES string of the molecule is OC1CCCC1NC(=S)OCC1OC(n2cnc3c(N[C@@H]4CCOC4)ncnc32)C(O)C1O. The van der Waals surface area contributed by atoms with Crippen LogP contribution in [0.2, 0.25) is 0 Å². The summed E-state index contributed by atoms with van der Waals surface area (Å²) in [7, 11) is 0. The van der Waals surface area contributed by atoms with Crippen molar-refractivity contribution in [3.05, 3.63) is 12.7 Å². The molecule has 5 N–H and O–H groups in total. The maximum atomic E-state index is 10.7. The first-order valence-electron chi connectivity index (χ1n) is 11.2. The van der Waals surface area contributed by atoms with Crippen molar-refractivity contribution in [3.8, 4) is 0 Å². The first-order valence-corrected chi connectivity index (χ1v) is 11.6. The molecule has 0 spiro atoms. The van der Waals surface area contributed by atoms with Crippen molar-refractivity contribution in [2.75, 3.05) is 25.1 Å². The molecule has 0 radical (unpaired) electrons. The van der Waals surface area contributed by atoms with Crippen molar-refractivity contribution < 1.29 is 29.5 Å². The molecule has 0 amide bonds. The normalized spacial score (nSPS) is 34.1. The van der Waals surface area contributed by atoms with Gasteiger partial charge in [0.25, 0.3) is 5.17 Å². The number of ether oxygens (including phenoxy) is 3. The van der Waals surface area contributed by atoms with E-state index in [1.807, 2.05) is 0 Å². The fourth-order valence-corrected chi connectivity index (χ4v) is 4.76. The highest BCUT2D eigenvalue weighted by Gasteiger charge is 2.45. The van der Waals surface area contributed by atoms with E-state index >= 15 is 0 Å². The van der Waals surface area contributed by atoms with Crippen LogP contribution in [-0.4, -0.2) is 96.3 Å². The lowest BCUT2D eigenvalue weighted by atomic mass is 10.1. The van der Waals surface area contributed by atoms with Crippen LogP contribution >= 0.6 is 12.2 Å². The number of fused-ring (bicyclic) bond motifs is 1. The molecule has 0 aromatic carbocycles. The molecule has 4 heterocycles. The molecule has 3 fully saturated rings.